The molecule has 0 saturated heterocycles. The summed E-state index contributed by atoms with van der Waals surface area (Å²) >= 11 is 0. The van der Waals surface area contributed by atoms with E-state index in [4.69, 9.17) is 19.9 Å². The van der Waals surface area contributed by atoms with Crippen LogP contribution in [0.1, 0.15) is 37.7 Å². The fourth-order valence-corrected chi connectivity index (χ4v) is 3.16. The molecule has 0 radical (unpaired) electrons. The highest BCUT2D eigenvalue weighted by atomic mass is 127. The van der Waals surface area contributed by atoms with Gasteiger partial charge in [-0.1, -0.05) is 25.3 Å². The number of hydrogen-bond acceptors (Lipinski definition) is 4. The van der Waals surface area contributed by atoms with Crippen LogP contribution < -0.4 is 25.3 Å². The Balaban J connectivity index is 0.00000312. The Morgan fingerprint density at radius 3 is 2.36 bits per heavy atom. The molecule has 7 heteroatoms. The average Bonchev–Trinajstić information content (AvgIpc) is 2.61. The molecule has 3 N–H and O–H groups in total. The van der Waals surface area contributed by atoms with Crippen LogP contribution in [0.4, 0.5) is 0 Å². The molecule has 0 atom stereocenters. The van der Waals surface area contributed by atoms with Crippen LogP contribution in [-0.4, -0.2) is 39.9 Å². The molecule has 0 unspecified atom stereocenters. The van der Waals surface area contributed by atoms with Gasteiger partial charge in [-0.25, -0.2) is 0 Å². The summed E-state index contributed by atoms with van der Waals surface area (Å²) in [5.74, 6) is 2.47. The Kier molecular flexibility index (Phi) is 9.77. The molecule has 6 nitrogen and oxygen atoms in total. The van der Waals surface area contributed by atoms with Gasteiger partial charge < -0.3 is 25.3 Å². The molecule has 0 spiro atoms. The summed E-state index contributed by atoms with van der Waals surface area (Å²) in [6.07, 6.45) is 6.95. The van der Waals surface area contributed by atoms with E-state index in [-0.39, 0.29) is 24.0 Å². The second-order valence-electron chi connectivity index (χ2n) is 5.99. The molecule has 1 aromatic rings. The molecule has 0 amide bonds. The molecular weight excluding hydrogens is 433 g/mol. The number of aliphatic imine (C=N–C) groups is 1. The van der Waals surface area contributed by atoms with Gasteiger partial charge >= 0.3 is 0 Å². The van der Waals surface area contributed by atoms with Crippen molar-refractivity contribution in [1.82, 2.24) is 5.32 Å². The maximum atomic E-state index is 6.00. The summed E-state index contributed by atoms with van der Waals surface area (Å²) in [5.41, 5.74) is 7.02. The molecule has 0 aliphatic heterocycles. The molecule has 0 bridgehead atoms. The zero-order chi connectivity index (χ0) is 17.4. The second kappa shape index (κ2) is 11.3. The predicted molar refractivity (Wildman–Crippen MR) is 112 cm³/mol. The number of nitrogens with one attached hydrogen (secondary N) is 1. The van der Waals surface area contributed by atoms with Gasteiger partial charge in [-0.2, -0.15) is 0 Å². The van der Waals surface area contributed by atoms with Gasteiger partial charge in [0.25, 0.3) is 0 Å². The Bertz CT molecular complexity index is 561. The Labute approximate surface area is 167 Å². The van der Waals surface area contributed by atoms with Gasteiger partial charge in [-0.05, 0) is 25.3 Å². The van der Waals surface area contributed by atoms with Crippen LogP contribution in [0.3, 0.4) is 0 Å². The van der Waals surface area contributed by atoms with Crippen molar-refractivity contribution in [2.75, 3.05) is 27.9 Å². The van der Waals surface area contributed by atoms with E-state index in [2.05, 4.69) is 10.3 Å². The third-order valence-electron chi connectivity index (χ3n) is 4.41. The van der Waals surface area contributed by atoms with Crippen molar-refractivity contribution in [1.29, 1.82) is 0 Å². The van der Waals surface area contributed by atoms with Crippen molar-refractivity contribution in [2.24, 2.45) is 10.7 Å². The largest absolute Gasteiger partial charge is 0.493 e. The van der Waals surface area contributed by atoms with Gasteiger partial charge in [0.05, 0.1) is 21.3 Å². The zero-order valence-electron chi connectivity index (χ0n) is 15.3. The van der Waals surface area contributed by atoms with Crippen LogP contribution >= 0.6 is 24.0 Å². The quantitative estimate of drug-likeness (QED) is 0.369. The third-order valence-corrected chi connectivity index (χ3v) is 4.41. The summed E-state index contributed by atoms with van der Waals surface area (Å²) in [6, 6.07) is 4.32. The van der Waals surface area contributed by atoms with Crippen molar-refractivity contribution in [2.45, 2.75) is 44.6 Å². The van der Waals surface area contributed by atoms with E-state index in [1.807, 2.05) is 12.1 Å². The van der Waals surface area contributed by atoms with Crippen molar-refractivity contribution in [3.05, 3.63) is 17.7 Å². The minimum Gasteiger partial charge on any atom is -0.493 e. The number of nitrogens with two attached hydrogens (primary N) is 1. The van der Waals surface area contributed by atoms with E-state index >= 15 is 0 Å². The monoisotopic (exact) mass is 463 g/mol. The lowest BCUT2D eigenvalue weighted by Crippen LogP contribution is -2.41. The molecule has 25 heavy (non-hydrogen) atoms. The zero-order valence-corrected chi connectivity index (χ0v) is 17.7. The van der Waals surface area contributed by atoms with E-state index in [0.717, 1.165) is 12.0 Å². The van der Waals surface area contributed by atoms with Gasteiger partial charge in [0, 0.05) is 18.2 Å². The van der Waals surface area contributed by atoms with E-state index < -0.39 is 0 Å². The number of methoxy groups -OCH3 is 3. The first-order valence-corrected chi connectivity index (χ1v) is 8.54. The number of nitrogens with zero attached hydrogens (tertiary/aromatic N) is 1. The summed E-state index contributed by atoms with van der Waals surface area (Å²) in [5, 5.41) is 3.33. The number of hydrogen-bond donors (Lipinski definition) is 2. The second-order valence-corrected chi connectivity index (χ2v) is 5.99. The highest BCUT2D eigenvalue weighted by molar-refractivity contribution is 14.0. The summed E-state index contributed by atoms with van der Waals surface area (Å²) in [7, 11) is 4.84. The van der Waals surface area contributed by atoms with Crippen LogP contribution in [0.25, 0.3) is 0 Å². The van der Waals surface area contributed by atoms with Crippen LogP contribution in [-0.2, 0) is 6.42 Å². The number of rotatable bonds is 7. The fourth-order valence-electron chi connectivity index (χ4n) is 3.16. The first kappa shape index (κ1) is 21.7. The van der Waals surface area contributed by atoms with Gasteiger partial charge in [0.15, 0.2) is 17.5 Å². The molecular formula is C18H30IN3O3. The molecule has 1 fully saturated rings. The Morgan fingerprint density at radius 2 is 1.76 bits per heavy atom. The van der Waals surface area contributed by atoms with Gasteiger partial charge in [0.2, 0.25) is 5.75 Å². The highest BCUT2D eigenvalue weighted by Crippen LogP contribution is 2.39. The van der Waals surface area contributed by atoms with Crippen LogP contribution in [0.5, 0.6) is 17.2 Å². The van der Waals surface area contributed by atoms with Gasteiger partial charge in [-0.3, -0.25) is 4.99 Å². The number of halogens is 1. The lowest BCUT2D eigenvalue weighted by Gasteiger charge is -2.23. The highest BCUT2D eigenvalue weighted by Gasteiger charge is 2.16. The maximum Gasteiger partial charge on any atom is 0.203 e. The third kappa shape index (κ3) is 6.13. The number of benzene rings is 1. The lowest BCUT2D eigenvalue weighted by atomic mass is 9.96. The molecule has 1 aliphatic carbocycles. The topological polar surface area (TPSA) is 78.1 Å². The van der Waals surface area contributed by atoms with Crippen LogP contribution in [0.15, 0.2) is 17.1 Å². The molecule has 1 aromatic carbocycles. The summed E-state index contributed by atoms with van der Waals surface area (Å²) in [4.78, 5) is 4.44. The SMILES string of the molecule is COc1ccc(CCN=C(N)NC2CCCCC2)c(OC)c1OC.I. The first-order valence-electron chi connectivity index (χ1n) is 8.54. The smallest absolute Gasteiger partial charge is 0.203 e. The Hall–Kier alpha value is -1.38. The van der Waals surface area contributed by atoms with Crippen LogP contribution in [0.2, 0.25) is 0 Å². The van der Waals surface area contributed by atoms with E-state index in [1.54, 1.807) is 21.3 Å². The van der Waals surface area contributed by atoms with Crippen molar-refractivity contribution >= 4 is 29.9 Å². The maximum absolute atomic E-state index is 6.00. The molecule has 0 aromatic heterocycles. The van der Waals surface area contributed by atoms with E-state index in [0.29, 0.717) is 35.8 Å². The summed E-state index contributed by atoms with van der Waals surface area (Å²) in [6.45, 7) is 0.595. The van der Waals surface area contributed by atoms with Crippen LogP contribution in [0, 0.1) is 0 Å². The molecule has 142 valence electrons. The van der Waals surface area contributed by atoms with Crippen molar-refractivity contribution in [3.63, 3.8) is 0 Å². The molecule has 2 rings (SSSR count). The normalized spacial score (nSPS) is 15.2. The molecule has 1 aliphatic rings. The van der Waals surface area contributed by atoms with E-state index in [9.17, 15) is 0 Å². The standard InChI is InChI=1S/C18H29N3O3.HI/c1-22-15-10-9-13(16(23-2)17(15)24-3)11-12-20-18(19)21-14-7-5-4-6-8-14;/h9-10,14H,4-8,11-12H2,1-3H3,(H3,19,20,21);1H. The molecule has 0 heterocycles. The predicted octanol–water partition coefficient (Wildman–Crippen LogP) is 3.11. The van der Waals surface area contributed by atoms with E-state index in [1.165, 1.54) is 32.1 Å². The van der Waals surface area contributed by atoms with Gasteiger partial charge in [0.1, 0.15) is 0 Å². The Morgan fingerprint density at radius 1 is 1.08 bits per heavy atom. The minimum absolute atomic E-state index is 0. The van der Waals surface area contributed by atoms with Gasteiger partial charge in [-0.15, -0.1) is 24.0 Å². The van der Waals surface area contributed by atoms with Crippen molar-refractivity contribution in [3.8, 4) is 17.2 Å². The summed E-state index contributed by atoms with van der Waals surface area (Å²) < 4.78 is 16.2. The minimum atomic E-state index is 0. The molecule has 1 saturated carbocycles. The number of ether oxygens (including phenoxy) is 3. The average molecular weight is 463 g/mol. The fraction of sp³-hybridized carbons (Fsp3) is 0.611. The van der Waals surface area contributed by atoms with Crippen molar-refractivity contribution < 1.29 is 14.2 Å². The first-order chi connectivity index (χ1) is 11.7. The number of guanidine groups is 1. The lowest BCUT2D eigenvalue weighted by molar-refractivity contribution is 0.322.